The maximum Gasteiger partial charge on any atom is 0.307 e. The number of carbonyl (C=O) groups is 2. The van der Waals surface area contributed by atoms with E-state index in [0.717, 1.165) is 0 Å². The van der Waals surface area contributed by atoms with Gasteiger partial charge in [0, 0.05) is 13.1 Å². The first-order valence-electron chi connectivity index (χ1n) is 5.10. The molecule has 0 aliphatic carbocycles. The molecule has 2 atom stereocenters. The molecule has 2 unspecified atom stereocenters. The number of amides is 1. The lowest BCUT2D eigenvalue weighted by molar-refractivity contribution is -0.142. The molecular formula is C10H20N2O3. The van der Waals surface area contributed by atoms with E-state index in [4.69, 9.17) is 5.11 Å². The van der Waals surface area contributed by atoms with Crippen LogP contribution in [0.2, 0.25) is 0 Å². The van der Waals surface area contributed by atoms with E-state index in [0.29, 0.717) is 13.1 Å². The molecule has 0 fully saturated rings. The third-order valence-corrected chi connectivity index (χ3v) is 2.38. The molecule has 0 rings (SSSR count). The summed E-state index contributed by atoms with van der Waals surface area (Å²) in [5.74, 6) is -1.38. The SMILES string of the molecule is CCNC(=O)C(C)N(C)CC(C)C(=O)O. The highest BCUT2D eigenvalue weighted by molar-refractivity contribution is 5.81. The van der Waals surface area contributed by atoms with Crippen molar-refractivity contribution >= 4 is 11.9 Å². The Labute approximate surface area is 90.5 Å². The zero-order valence-electron chi connectivity index (χ0n) is 9.78. The van der Waals surface area contributed by atoms with Crippen LogP contribution in [0.15, 0.2) is 0 Å². The van der Waals surface area contributed by atoms with E-state index in [1.54, 1.807) is 25.8 Å². The van der Waals surface area contributed by atoms with Gasteiger partial charge in [-0.1, -0.05) is 6.92 Å². The molecule has 2 N–H and O–H groups in total. The molecule has 0 bridgehead atoms. The number of carbonyl (C=O) groups excluding carboxylic acids is 1. The summed E-state index contributed by atoms with van der Waals surface area (Å²) in [6.45, 7) is 6.20. The van der Waals surface area contributed by atoms with Crippen LogP contribution in [0.1, 0.15) is 20.8 Å². The van der Waals surface area contributed by atoms with Crippen molar-refractivity contribution in [2.24, 2.45) is 5.92 Å². The number of hydrogen-bond donors (Lipinski definition) is 2. The lowest BCUT2D eigenvalue weighted by Gasteiger charge is -2.25. The van der Waals surface area contributed by atoms with Gasteiger partial charge >= 0.3 is 5.97 Å². The largest absolute Gasteiger partial charge is 0.481 e. The Kier molecular flexibility index (Phi) is 5.93. The Bertz CT molecular complexity index is 231. The fourth-order valence-corrected chi connectivity index (χ4v) is 1.19. The first-order chi connectivity index (χ1) is 6.90. The first kappa shape index (κ1) is 13.9. The number of aliphatic carboxylic acids is 1. The number of hydrogen-bond acceptors (Lipinski definition) is 3. The van der Waals surface area contributed by atoms with Crippen molar-refractivity contribution in [3.05, 3.63) is 0 Å². The van der Waals surface area contributed by atoms with E-state index >= 15 is 0 Å². The van der Waals surface area contributed by atoms with E-state index in [2.05, 4.69) is 5.32 Å². The van der Waals surface area contributed by atoms with Crippen molar-refractivity contribution < 1.29 is 14.7 Å². The van der Waals surface area contributed by atoms with Gasteiger partial charge in [-0.2, -0.15) is 0 Å². The van der Waals surface area contributed by atoms with E-state index in [1.165, 1.54) is 0 Å². The fourth-order valence-electron chi connectivity index (χ4n) is 1.19. The van der Waals surface area contributed by atoms with Crippen LogP contribution in [0.25, 0.3) is 0 Å². The molecule has 0 aromatic carbocycles. The van der Waals surface area contributed by atoms with Gasteiger partial charge in [0.2, 0.25) is 5.91 Å². The van der Waals surface area contributed by atoms with Gasteiger partial charge in [0.1, 0.15) is 0 Å². The lowest BCUT2D eigenvalue weighted by Crippen LogP contribution is -2.45. The van der Waals surface area contributed by atoms with E-state index in [9.17, 15) is 9.59 Å². The summed E-state index contributed by atoms with van der Waals surface area (Å²) < 4.78 is 0. The van der Waals surface area contributed by atoms with Crippen LogP contribution in [-0.2, 0) is 9.59 Å². The Hall–Kier alpha value is -1.10. The van der Waals surface area contributed by atoms with Crippen LogP contribution in [0.3, 0.4) is 0 Å². The second-order valence-electron chi connectivity index (χ2n) is 3.75. The average molecular weight is 216 g/mol. The highest BCUT2D eigenvalue weighted by Crippen LogP contribution is 2.02. The van der Waals surface area contributed by atoms with Gasteiger partial charge in [-0.15, -0.1) is 0 Å². The Morgan fingerprint density at radius 1 is 1.40 bits per heavy atom. The summed E-state index contributed by atoms with van der Waals surface area (Å²) in [7, 11) is 1.75. The molecule has 5 heteroatoms. The van der Waals surface area contributed by atoms with Crippen LogP contribution in [-0.4, -0.2) is 48.1 Å². The smallest absolute Gasteiger partial charge is 0.307 e. The Morgan fingerprint density at radius 3 is 2.33 bits per heavy atom. The number of carboxylic acid groups (broad SMARTS) is 1. The van der Waals surface area contributed by atoms with Crippen LogP contribution in [0.4, 0.5) is 0 Å². The van der Waals surface area contributed by atoms with Crippen LogP contribution in [0, 0.1) is 5.92 Å². The van der Waals surface area contributed by atoms with Gasteiger partial charge < -0.3 is 10.4 Å². The minimum Gasteiger partial charge on any atom is -0.481 e. The van der Waals surface area contributed by atoms with Gasteiger partial charge in [0.05, 0.1) is 12.0 Å². The summed E-state index contributed by atoms with van der Waals surface area (Å²) in [4.78, 5) is 23.8. The van der Waals surface area contributed by atoms with Gasteiger partial charge in [-0.05, 0) is 20.9 Å². The molecule has 0 saturated heterocycles. The van der Waals surface area contributed by atoms with Gasteiger partial charge in [0.15, 0.2) is 0 Å². The predicted octanol–water partition coefficient (Wildman–Crippen LogP) is 0.164. The van der Waals surface area contributed by atoms with Crippen LogP contribution in [0.5, 0.6) is 0 Å². The number of nitrogens with one attached hydrogen (secondary N) is 1. The fraction of sp³-hybridized carbons (Fsp3) is 0.800. The summed E-state index contributed by atoms with van der Waals surface area (Å²) in [6.07, 6.45) is 0. The van der Waals surface area contributed by atoms with Gasteiger partial charge in [-0.3, -0.25) is 14.5 Å². The molecule has 0 aromatic rings. The summed E-state index contributed by atoms with van der Waals surface area (Å²) in [5, 5.41) is 11.4. The molecule has 5 nitrogen and oxygen atoms in total. The second-order valence-corrected chi connectivity index (χ2v) is 3.75. The summed E-state index contributed by atoms with van der Waals surface area (Å²) >= 11 is 0. The third-order valence-electron chi connectivity index (χ3n) is 2.38. The average Bonchev–Trinajstić information content (AvgIpc) is 2.16. The van der Waals surface area contributed by atoms with E-state index in [1.807, 2.05) is 6.92 Å². The number of rotatable bonds is 6. The van der Waals surface area contributed by atoms with Crippen molar-refractivity contribution in [3.63, 3.8) is 0 Å². The highest BCUT2D eigenvalue weighted by atomic mass is 16.4. The second kappa shape index (κ2) is 6.40. The number of carboxylic acids is 1. The van der Waals surface area contributed by atoms with Crippen molar-refractivity contribution in [1.82, 2.24) is 10.2 Å². The predicted molar refractivity (Wildman–Crippen MR) is 57.6 cm³/mol. The normalized spacial score (nSPS) is 14.7. The molecule has 0 aromatic heterocycles. The van der Waals surface area contributed by atoms with Gasteiger partial charge in [-0.25, -0.2) is 0 Å². The molecule has 1 amide bonds. The molecular weight excluding hydrogens is 196 g/mol. The van der Waals surface area contributed by atoms with E-state index in [-0.39, 0.29) is 11.9 Å². The zero-order chi connectivity index (χ0) is 12.0. The number of likely N-dealkylation sites (N-methyl/N-ethyl adjacent to an activating group) is 2. The topological polar surface area (TPSA) is 69.6 Å². The van der Waals surface area contributed by atoms with Crippen LogP contribution >= 0.6 is 0 Å². The molecule has 15 heavy (non-hydrogen) atoms. The zero-order valence-corrected chi connectivity index (χ0v) is 9.78. The molecule has 0 spiro atoms. The maximum absolute atomic E-state index is 11.4. The minimum atomic E-state index is -0.843. The van der Waals surface area contributed by atoms with E-state index < -0.39 is 11.9 Å². The molecule has 0 radical (unpaired) electrons. The monoisotopic (exact) mass is 216 g/mol. The lowest BCUT2D eigenvalue weighted by atomic mass is 10.1. The standard InChI is InChI=1S/C10H20N2O3/c1-5-11-9(13)8(3)12(4)6-7(2)10(14)15/h7-8H,5-6H2,1-4H3,(H,11,13)(H,14,15). The van der Waals surface area contributed by atoms with Crippen molar-refractivity contribution in [3.8, 4) is 0 Å². The van der Waals surface area contributed by atoms with Crippen molar-refractivity contribution in [1.29, 1.82) is 0 Å². The summed E-state index contributed by atoms with van der Waals surface area (Å²) in [5.41, 5.74) is 0. The molecule has 0 heterocycles. The molecule has 0 saturated carbocycles. The number of nitrogens with zero attached hydrogens (tertiary/aromatic N) is 1. The first-order valence-corrected chi connectivity index (χ1v) is 5.10. The van der Waals surface area contributed by atoms with Gasteiger partial charge in [0.25, 0.3) is 0 Å². The van der Waals surface area contributed by atoms with Crippen LogP contribution < -0.4 is 5.32 Å². The minimum absolute atomic E-state index is 0.0717. The summed E-state index contributed by atoms with van der Waals surface area (Å²) in [6, 6.07) is -0.299. The molecule has 88 valence electrons. The van der Waals surface area contributed by atoms with Crippen molar-refractivity contribution in [2.75, 3.05) is 20.1 Å². The Morgan fingerprint density at radius 2 is 1.93 bits per heavy atom. The highest BCUT2D eigenvalue weighted by Gasteiger charge is 2.21. The Balaban J connectivity index is 4.14. The molecule has 0 aliphatic rings. The molecule has 0 aliphatic heterocycles. The third kappa shape index (κ3) is 4.78. The quantitative estimate of drug-likeness (QED) is 0.663. The van der Waals surface area contributed by atoms with Crippen molar-refractivity contribution in [2.45, 2.75) is 26.8 Å². The maximum atomic E-state index is 11.4.